The molecule has 0 saturated carbocycles. The SMILES string of the molecule is O=C(c1cccnc1C(F)(F)F)N1CCCn2nnnc21. The molecule has 10 heteroatoms. The van der Waals surface area contributed by atoms with E-state index in [4.69, 9.17) is 0 Å². The highest BCUT2D eigenvalue weighted by molar-refractivity contribution is 6.06. The maximum absolute atomic E-state index is 12.9. The molecule has 2 aromatic rings. The van der Waals surface area contributed by atoms with Gasteiger partial charge in [0.1, 0.15) is 0 Å². The lowest BCUT2D eigenvalue weighted by atomic mass is 10.1. The van der Waals surface area contributed by atoms with Crippen molar-refractivity contribution in [3.05, 3.63) is 29.6 Å². The molecular formula is C11H9F3N6O. The minimum Gasteiger partial charge on any atom is -0.275 e. The highest BCUT2D eigenvalue weighted by atomic mass is 19.4. The smallest absolute Gasteiger partial charge is 0.275 e. The zero-order valence-electron chi connectivity index (χ0n) is 10.6. The summed E-state index contributed by atoms with van der Waals surface area (Å²) < 4.78 is 40.2. The molecule has 110 valence electrons. The summed E-state index contributed by atoms with van der Waals surface area (Å²) in [6, 6.07) is 2.39. The molecule has 1 amide bonds. The van der Waals surface area contributed by atoms with Gasteiger partial charge in [0.25, 0.3) is 11.9 Å². The Hall–Kier alpha value is -2.52. The standard InChI is InChI=1S/C11H9F3N6O/c12-11(13,14)8-7(3-1-4-15-8)9(21)19-5-2-6-20-10(19)16-17-18-20/h1,3-4H,2,5-6H2. The van der Waals surface area contributed by atoms with Crippen molar-refractivity contribution < 1.29 is 18.0 Å². The van der Waals surface area contributed by atoms with E-state index in [-0.39, 0.29) is 12.5 Å². The number of aryl methyl sites for hydroxylation is 1. The number of amides is 1. The molecule has 0 bridgehead atoms. The average molecular weight is 298 g/mol. The Morgan fingerprint density at radius 1 is 1.29 bits per heavy atom. The van der Waals surface area contributed by atoms with Crippen LogP contribution in [0.5, 0.6) is 0 Å². The summed E-state index contributed by atoms with van der Waals surface area (Å²) in [5.41, 5.74) is -1.72. The molecule has 0 unspecified atom stereocenters. The lowest BCUT2D eigenvalue weighted by Crippen LogP contribution is -2.39. The van der Waals surface area contributed by atoms with Gasteiger partial charge in [-0.1, -0.05) is 5.10 Å². The minimum atomic E-state index is -4.70. The summed E-state index contributed by atoms with van der Waals surface area (Å²) in [6.45, 7) is 0.774. The fraction of sp³-hybridized carbons (Fsp3) is 0.364. The lowest BCUT2D eigenvalue weighted by molar-refractivity contribution is -0.141. The Kier molecular flexibility index (Phi) is 3.07. The van der Waals surface area contributed by atoms with Gasteiger partial charge < -0.3 is 0 Å². The highest BCUT2D eigenvalue weighted by Gasteiger charge is 2.39. The van der Waals surface area contributed by atoms with Gasteiger partial charge in [0.05, 0.1) is 5.56 Å². The first-order valence-electron chi connectivity index (χ1n) is 6.09. The van der Waals surface area contributed by atoms with Crippen molar-refractivity contribution >= 4 is 11.9 Å². The summed E-state index contributed by atoms with van der Waals surface area (Å²) in [5.74, 6) is -0.672. The second-order valence-electron chi connectivity index (χ2n) is 4.41. The van der Waals surface area contributed by atoms with Crippen LogP contribution in [-0.4, -0.2) is 37.6 Å². The predicted octanol–water partition coefficient (Wildman–Crippen LogP) is 1.14. The summed E-state index contributed by atoms with van der Waals surface area (Å²) >= 11 is 0. The van der Waals surface area contributed by atoms with Crippen molar-refractivity contribution in [2.24, 2.45) is 0 Å². The highest BCUT2D eigenvalue weighted by Crippen LogP contribution is 2.31. The third-order valence-corrected chi connectivity index (χ3v) is 3.06. The molecule has 1 aliphatic heterocycles. The van der Waals surface area contributed by atoms with Crippen molar-refractivity contribution in [3.63, 3.8) is 0 Å². The molecule has 0 aromatic carbocycles. The summed E-state index contributed by atoms with van der Waals surface area (Å²) in [4.78, 5) is 16.8. The summed E-state index contributed by atoms with van der Waals surface area (Å²) in [6.07, 6.45) is -3.14. The van der Waals surface area contributed by atoms with Crippen LogP contribution in [0, 0.1) is 0 Å². The topological polar surface area (TPSA) is 76.8 Å². The molecule has 0 fully saturated rings. The molecule has 3 rings (SSSR count). The van der Waals surface area contributed by atoms with Gasteiger partial charge in [0.2, 0.25) is 0 Å². The molecule has 21 heavy (non-hydrogen) atoms. The van der Waals surface area contributed by atoms with Gasteiger partial charge >= 0.3 is 6.18 Å². The lowest BCUT2D eigenvalue weighted by Gasteiger charge is -2.25. The van der Waals surface area contributed by atoms with Crippen LogP contribution >= 0.6 is 0 Å². The number of carbonyl (C=O) groups excluding carboxylic acids is 1. The molecule has 0 N–H and O–H groups in total. The average Bonchev–Trinajstić information content (AvgIpc) is 2.94. The quantitative estimate of drug-likeness (QED) is 0.789. The number of halogens is 3. The van der Waals surface area contributed by atoms with Crippen molar-refractivity contribution in [1.29, 1.82) is 0 Å². The molecular weight excluding hydrogens is 289 g/mol. The van der Waals surface area contributed by atoms with Crippen molar-refractivity contribution in [3.8, 4) is 0 Å². The number of rotatable bonds is 1. The molecule has 0 radical (unpaired) electrons. The Balaban J connectivity index is 2.02. The summed E-state index contributed by atoms with van der Waals surface area (Å²) in [5, 5.41) is 10.8. The van der Waals surface area contributed by atoms with Crippen LogP contribution in [0.15, 0.2) is 18.3 Å². The second kappa shape index (κ2) is 4.79. The Morgan fingerprint density at radius 3 is 2.86 bits per heavy atom. The summed E-state index contributed by atoms with van der Waals surface area (Å²) in [7, 11) is 0. The zero-order valence-corrected chi connectivity index (χ0v) is 10.6. The van der Waals surface area contributed by atoms with Gasteiger partial charge in [-0.05, 0) is 29.0 Å². The van der Waals surface area contributed by atoms with Gasteiger partial charge in [-0.2, -0.15) is 13.2 Å². The number of fused-ring (bicyclic) bond motifs is 1. The minimum absolute atomic E-state index is 0.142. The molecule has 0 spiro atoms. The third-order valence-electron chi connectivity index (χ3n) is 3.06. The number of hydrogen-bond donors (Lipinski definition) is 0. The van der Waals surface area contributed by atoms with Crippen LogP contribution < -0.4 is 4.90 Å². The van der Waals surface area contributed by atoms with Gasteiger partial charge in [-0.3, -0.25) is 14.7 Å². The number of carbonyl (C=O) groups is 1. The number of pyridine rings is 1. The van der Waals surface area contributed by atoms with E-state index in [9.17, 15) is 18.0 Å². The van der Waals surface area contributed by atoms with E-state index in [1.54, 1.807) is 0 Å². The fourth-order valence-electron chi connectivity index (χ4n) is 2.16. The van der Waals surface area contributed by atoms with E-state index in [0.29, 0.717) is 13.0 Å². The number of aromatic nitrogens is 5. The van der Waals surface area contributed by atoms with E-state index >= 15 is 0 Å². The third kappa shape index (κ3) is 2.32. The first-order chi connectivity index (χ1) is 9.98. The van der Waals surface area contributed by atoms with E-state index < -0.39 is 23.3 Å². The molecule has 0 aliphatic carbocycles. The normalized spacial score (nSPS) is 14.9. The Morgan fingerprint density at radius 2 is 2.10 bits per heavy atom. The van der Waals surface area contributed by atoms with Crippen molar-refractivity contribution in [2.75, 3.05) is 11.4 Å². The van der Waals surface area contributed by atoms with E-state index in [2.05, 4.69) is 20.5 Å². The van der Waals surface area contributed by atoms with Crippen molar-refractivity contribution in [1.82, 2.24) is 25.2 Å². The number of nitrogens with zero attached hydrogens (tertiary/aromatic N) is 6. The first kappa shape index (κ1) is 13.5. The van der Waals surface area contributed by atoms with E-state index in [1.165, 1.54) is 10.7 Å². The second-order valence-corrected chi connectivity index (χ2v) is 4.41. The van der Waals surface area contributed by atoms with E-state index in [0.717, 1.165) is 17.2 Å². The molecule has 3 heterocycles. The van der Waals surface area contributed by atoms with Gasteiger partial charge in [0.15, 0.2) is 5.69 Å². The van der Waals surface area contributed by atoms with Crippen molar-refractivity contribution in [2.45, 2.75) is 19.1 Å². The Bertz CT molecular complexity index is 683. The number of anilines is 1. The fourth-order valence-corrected chi connectivity index (χ4v) is 2.16. The molecule has 0 atom stereocenters. The monoisotopic (exact) mass is 298 g/mol. The molecule has 2 aromatic heterocycles. The van der Waals surface area contributed by atoms with E-state index in [1.807, 2.05) is 0 Å². The van der Waals surface area contributed by atoms with Gasteiger partial charge in [-0.25, -0.2) is 4.68 Å². The Labute approximate surface area is 116 Å². The zero-order chi connectivity index (χ0) is 15.0. The number of alkyl halides is 3. The maximum Gasteiger partial charge on any atom is 0.434 e. The molecule has 1 aliphatic rings. The maximum atomic E-state index is 12.9. The van der Waals surface area contributed by atoms with Crippen LogP contribution in [0.1, 0.15) is 22.5 Å². The molecule has 7 nitrogen and oxygen atoms in total. The van der Waals surface area contributed by atoms with Crippen LogP contribution in [-0.2, 0) is 12.7 Å². The number of tetrazole rings is 1. The van der Waals surface area contributed by atoms with Crippen LogP contribution in [0.3, 0.4) is 0 Å². The van der Waals surface area contributed by atoms with Crippen LogP contribution in [0.2, 0.25) is 0 Å². The first-order valence-corrected chi connectivity index (χ1v) is 6.09. The van der Waals surface area contributed by atoms with Gasteiger partial charge in [-0.15, -0.1) is 0 Å². The van der Waals surface area contributed by atoms with Gasteiger partial charge in [0, 0.05) is 19.3 Å². The van der Waals surface area contributed by atoms with Crippen LogP contribution in [0.25, 0.3) is 0 Å². The van der Waals surface area contributed by atoms with Crippen LogP contribution in [0.4, 0.5) is 19.1 Å². The number of hydrogen-bond acceptors (Lipinski definition) is 5. The predicted molar refractivity (Wildman–Crippen MR) is 63.3 cm³/mol. The largest absolute Gasteiger partial charge is 0.434 e. The molecule has 0 saturated heterocycles.